The van der Waals surface area contributed by atoms with Gasteiger partial charge in [-0.25, -0.2) is 4.39 Å². The molecule has 0 aliphatic rings. The van der Waals surface area contributed by atoms with Crippen LogP contribution < -0.4 is 5.56 Å². The van der Waals surface area contributed by atoms with Crippen LogP contribution in [-0.4, -0.2) is 9.97 Å². The van der Waals surface area contributed by atoms with Crippen molar-refractivity contribution < 1.29 is 4.39 Å². The summed E-state index contributed by atoms with van der Waals surface area (Å²) in [6, 6.07) is 1.32. The zero-order valence-electron chi connectivity index (χ0n) is 7.03. The summed E-state index contributed by atoms with van der Waals surface area (Å²) < 4.78 is 14.0. The van der Waals surface area contributed by atoms with Crippen molar-refractivity contribution in [2.45, 2.75) is 0 Å². The van der Waals surface area contributed by atoms with Crippen molar-refractivity contribution in [2.24, 2.45) is 0 Å². The fourth-order valence-corrected chi connectivity index (χ4v) is 2.38. The lowest BCUT2D eigenvalue weighted by molar-refractivity contribution is 0.636. The molecule has 78 valence electrons. The van der Waals surface area contributed by atoms with Crippen LogP contribution in [0.25, 0.3) is 10.9 Å². The van der Waals surface area contributed by atoms with Crippen LogP contribution in [0.2, 0.25) is 5.02 Å². The van der Waals surface area contributed by atoms with E-state index in [-0.39, 0.29) is 20.7 Å². The van der Waals surface area contributed by atoms with E-state index < -0.39 is 11.4 Å². The van der Waals surface area contributed by atoms with E-state index in [2.05, 4.69) is 25.9 Å². The molecule has 0 saturated heterocycles. The Morgan fingerprint density at radius 1 is 1.47 bits per heavy atom. The molecule has 0 fully saturated rings. The quantitative estimate of drug-likeness (QED) is 0.580. The van der Waals surface area contributed by atoms with Gasteiger partial charge in [0, 0.05) is 4.47 Å². The standard InChI is InChI=1S/C8H3BrClFN2OS/c9-2-1-3(10)5(11)6-4(2)7(14)13-8(15)12-6/h1H,(H2,12,13,14,15). The number of rotatable bonds is 0. The summed E-state index contributed by atoms with van der Waals surface area (Å²) in [7, 11) is 0. The molecule has 0 spiro atoms. The van der Waals surface area contributed by atoms with Gasteiger partial charge in [0.15, 0.2) is 10.6 Å². The summed E-state index contributed by atoms with van der Waals surface area (Å²) in [5, 5.41) is 0.0797. The first-order valence-electron chi connectivity index (χ1n) is 3.80. The Kier molecular flexibility index (Phi) is 2.66. The monoisotopic (exact) mass is 308 g/mol. The van der Waals surface area contributed by atoms with Gasteiger partial charge >= 0.3 is 0 Å². The van der Waals surface area contributed by atoms with Crippen molar-refractivity contribution in [3.05, 3.63) is 36.5 Å². The van der Waals surface area contributed by atoms with Gasteiger partial charge in [0.05, 0.1) is 15.9 Å². The zero-order valence-corrected chi connectivity index (χ0v) is 10.2. The van der Waals surface area contributed by atoms with E-state index in [1.54, 1.807) is 0 Å². The van der Waals surface area contributed by atoms with Gasteiger partial charge in [0.2, 0.25) is 0 Å². The third-order valence-corrected chi connectivity index (χ3v) is 2.97. The summed E-state index contributed by atoms with van der Waals surface area (Å²) in [6.07, 6.45) is 0. The van der Waals surface area contributed by atoms with Crippen LogP contribution in [0.5, 0.6) is 0 Å². The molecule has 2 aromatic rings. The van der Waals surface area contributed by atoms with Crippen LogP contribution in [0.15, 0.2) is 15.3 Å². The normalized spacial score (nSPS) is 10.9. The molecule has 3 nitrogen and oxygen atoms in total. The van der Waals surface area contributed by atoms with E-state index in [0.717, 1.165) is 0 Å². The van der Waals surface area contributed by atoms with Crippen molar-refractivity contribution in [3.63, 3.8) is 0 Å². The Bertz CT molecular complexity index is 666. The van der Waals surface area contributed by atoms with Crippen LogP contribution in [0.3, 0.4) is 0 Å². The molecule has 2 rings (SSSR count). The van der Waals surface area contributed by atoms with Gasteiger partial charge in [0.1, 0.15) is 0 Å². The number of aromatic amines is 2. The second-order valence-electron chi connectivity index (χ2n) is 2.81. The molecule has 1 heterocycles. The number of hydrogen-bond donors (Lipinski definition) is 2. The average Bonchev–Trinajstić information content (AvgIpc) is 2.12. The Hall–Kier alpha value is -0.720. The van der Waals surface area contributed by atoms with E-state index in [1.807, 2.05) is 0 Å². The second-order valence-corrected chi connectivity index (χ2v) is 4.48. The first kappa shape index (κ1) is 10.8. The maximum atomic E-state index is 13.6. The topological polar surface area (TPSA) is 48.6 Å². The molecule has 0 aliphatic carbocycles. The third-order valence-electron chi connectivity index (χ3n) is 1.86. The minimum atomic E-state index is -0.688. The van der Waals surface area contributed by atoms with Crippen molar-refractivity contribution in [2.75, 3.05) is 0 Å². The average molecular weight is 310 g/mol. The van der Waals surface area contributed by atoms with Gasteiger partial charge in [0.25, 0.3) is 5.56 Å². The Morgan fingerprint density at radius 3 is 2.80 bits per heavy atom. The highest BCUT2D eigenvalue weighted by Gasteiger charge is 2.12. The van der Waals surface area contributed by atoms with Crippen molar-refractivity contribution >= 4 is 50.7 Å². The maximum absolute atomic E-state index is 13.6. The Labute approximate surface area is 101 Å². The highest BCUT2D eigenvalue weighted by molar-refractivity contribution is 9.10. The summed E-state index contributed by atoms with van der Waals surface area (Å²) in [5.74, 6) is -0.688. The smallest absolute Gasteiger partial charge is 0.260 e. The van der Waals surface area contributed by atoms with Gasteiger partial charge < -0.3 is 4.98 Å². The molecule has 0 saturated carbocycles. The number of nitrogens with one attached hydrogen (secondary N) is 2. The Balaban J connectivity index is 3.17. The molecule has 0 aliphatic heterocycles. The molecule has 7 heteroatoms. The number of aromatic nitrogens is 2. The van der Waals surface area contributed by atoms with E-state index in [0.29, 0.717) is 4.47 Å². The van der Waals surface area contributed by atoms with Crippen molar-refractivity contribution in [3.8, 4) is 0 Å². The summed E-state index contributed by atoms with van der Waals surface area (Å²) in [4.78, 5) is 16.4. The van der Waals surface area contributed by atoms with Crippen LogP contribution in [-0.2, 0) is 0 Å². The molecular weight excluding hydrogens is 307 g/mol. The maximum Gasteiger partial charge on any atom is 0.260 e. The molecular formula is C8H3BrClFN2OS. The molecule has 1 aromatic heterocycles. The van der Waals surface area contributed by atoms with Crippen molar-refractivity contribution in [1.82, 2.24) is 9.97 Å². The molecule has 1 aromatic carbocycles. The fourth-order valence-electron chi connectivity index (χ4n) is 1.25. The molecule has 0 amide bonds. The van der Waals surface area contributed by atoms with Crippen LogP contribution in [0, 0.1) is 10.6 Å². The zero-order chi connectivity index (χ0) is 11.2. The van der Waals surface area contributed by atoms with Crippen LogP contribution >= 0.6 is 39.7 Å². The number of fused-ring (bicyclic) bond motifs is 1. The first-order chi connectivity index (χ1) is 7.00. The van der Waals surface area contributed by atoms with E-state index >= 15 is 0 Å². The molecule has 0 radical (unpaired) electrons. The lowest BCUT2D eigenvalue weighted by Gasteiger charge is -2.03. The van der Waals surface area contributed by atoms with Gasteiger partial charge in [-0.3, -0.25) is 9.78 Å². The SMILES string of the molecule is O=c1[nH]c(=S)[nH]c2c(F)c(Cl)cc(Br)c12. The number of halogens is 3. The van der Waals surface area contributed by atoms with Gasteiger partial charge in [-0.15, -0.1) is 0 Å². The lowest BCUT2D eigenvalue weighted by Crippen LogP contribution is -2.09. The minimum Gasteiger partial charge on any atom is -0.329 e. The summed E-state index contributed by atoms with van der Waals surface area (Å²) in [6.45, 7) is 0. The van der Waals surface area contributed by atoms with E-state index in [9.17, 15) is 9.18 Å². The van der Waals surface area contributed by atoms with E-state index in [1.165, 1.54) is 6.07 Å². The van der Waals surface area contributed by atoms with Crippen LogP contribution in [0.4, 0.5) is 4.39 Å². The number of hydrogen-bond acceptors (Lipinski definition) is 2. The predicted octanol–water partition coefficient (Wildman–Crippen LogP) is 3.14. The fraction of sp³-hybridized carbons (Fsp3) is 0. The van der Waals surface area contributed by atoms with Gasteiger partial charge in [-0.05, 0) is 34.2 Å². The highest BCUT2D eigenvalue weighted by atomic mass is 79.9. The second kappa shape index (κ2) is 3.70. The van der Waals surface area contributed by atoms with Crippen LogP contribution in [0.1, 0.15) is 0 Å². The lowest BCUT2D eigenvalue weighted by atomic mass is 10.2. The molecule has 2 N–H and O–H groups in total. The minimum absolute atomic E-state index is 0.00289. The number of benzene rings is 1. The molecule has 0 bridgehead atoms. The molecule has 0 atom stereocenters. The summed E-state index contributed by atoms with van der Waals surface area (Å²) >= 11 is 13.5. The predicted molar refractivity (Wildman–Crippen MR) is 62.4 cm³/mol. The molecule has 15 heavy (non-hydrogen) atoms. The largest absolute Gasteiger partial charge is 0.329 e. The molecule has 0 unspecified atom stereocenters. The van der Waals surface area contributed by atoms with E-state index in [4.69, 9.17) is 23.8 Å². The van der Waals surface area contributed by atoms with Gasteiger partial charge in [-0.2, -0.15) is 0 Å². The third kappa shape index (κ3) is 1.73. The first-order valence-corrected chi connectivity index (χ1v) is 5.38. The Morgan fingerprint density at radius 2 is 2.13 bits per heavy atom. The van der Waals surface area contributed by atoms with Gasteiger partial charge in [-0.1, -0.05) is 11.6 Å². The number of H-pyrrole nitrogens is 2. The summed E-state index contributed by atoms with van der Waals surface area (Å²) in [5.41, 5.74) is -0.459. The highest BCUT2D eigenvalue weighted by Crippen LogP contribution is 2.27. The van der Waals surface area contributed by atoms with Crippen molar-refractivity contribution in [1.29, 1.82) is 0 Å².